The topological polar surface area (TPSA) is 39.2 Å². The summed E-state index contributed by atoms with van der Waals surface area (Å²) in [7, 11) is 0.932. The van der Waals surface area contributed by atoms with Gasteiger partial charge in [0, 0.05) is 5.56 Å². The van der Waals surface area contributed by atoms with Crippen LogP contribution in [0.1, 0.15) is 23.2 Å². The maximum atomic E-state index is 12.7. The van der Waals surface area contributed by atoms with Crippen molar-refractivity contribution in [1.29, 1.82) is 0 Å². The molecule has 0 saturated carbocycles. The normalized spacial score (nSPS) is 11.8. The Morgan fingerprint density at radius 3 is 2.47 bits per heavy atom. The van der Waals surface area contributed by atoms with Crippen LogP contribution in [0.2, 0.25) is 5.15 Å². The third-order valence-electron chi connectivity index (χ3n) is 2.19. The molecule has 0 aliphatic carbocycles. The number of carbonyl (C=O) groups excluding carboxylic acids is 1. The minimum atomic E-state index is -4.93. The Morgan fingerprint density at radius 1 is 1.47 bits per heavy atom. The fourth-order valence-electron chi connectivity index (χ4n) is 1.39. The minimum absolute atomic E-state index is 0.395. The third kappa shape index (κ3) is 3.76. The zero-order valence-corrected chi connectivity index (χ0v) is 10.1. The maximum Gasteiger partial charge on any atom is 0.416 e. The van der Waals surface area contributed by atoms with Gasteiger partial charge in [0.25, 0.3) is 6.43 Å². The monoisotopic (exact) mass is 303 g/mol. The molecule has 0 unspecified atom stereocenters. The van der Waals surface area contributed by atoms with Gasteiger partial charge in [0.2, 0.25) is 0 Å². The van der Waals surface area contributed by atoms with Gasteiger partial charge in [-0.25, -0.2) is 13.8 Å². The molecule has 0 radical (unpaired) electrons. The van der Waals surface area contributed by atoms with Gasteiger partial charge < -0.3 is 4.74 Å². The quantitative estimate of drug-likeness (QED) is 0.488. The zero-order chi connectivity index (χ0) is 14.8. The summed E-state index contributed by atoms with van der Waals surface area (Å²) >= 11 is 5.28. The van der Waals surface area contributed by atoms with Crippen molar-refractivity contribution in [1.82, 2.24) is 4.98 Å². The van der Waals surface area contributed by atoms with Crippen LogP contribution in [0, 0.1) is 0 Å². The van der Waals surface area contributed by atoms with E-state index in [0.717, 1.165) is 7.11 Å². The van der Waals surface area contributed by atoms with Crippen LogP contribution < -0.4 is 0 Å². The number of halogens is 6. The van der Waals surface area contributed by atoms with Crippen molar-refractivity contribution in [3.05, 3.63) is 28.0 Å². The van der Waals surface area contributed by atoms with E-state index in [4.69, 9.17) is 11.6 Å². The molecular weight excluding hydrogens is 297 g/mol. The van der Waals surface area contributed by atoms with Crippen molar-refractivity contribution in [3.8, 4) is 0 Å². The Balaban J connectivity index is 3.47. The number of hydrogen-bond donors (Lipinski definition) is 0. The second-order valence-corrected chi connectivity index (χ2v) is 3.79. The van der Waals surface area contributed by atoms with Gasteiger partial charge in [-0.05, 0) is 6.07 Å². The van der Waals surface area contributed by atoms with Crippen molar-refractivity contribution in [3.63, 3.8) is 0 Å². The van der Waals surface area contributed by atoms with E-state index in [0.29, 0.717) is 6.07 Å². The predicted octanol–water partition coefficient (Wildman–Crippen LogP) is 3.41. The molecule has 0 amide bonds. The summed E-state index contributed by atoms with van der Waals surface area (Å²) in [5.74, 6) is -1.09. The molecule has 9 heteroatoms. The number of ether oxygens (including phenoxy) is 1. The van der Waals surface area contributed by atoms with Gasteiger partial charge in [0.15, 0.2) is 0 Å². The number of hydrogen-bond acceptors (Lipinski definition) is 3. The maximum absolute atomic E-state index is 12.7. The van der Waals surface area contributed by atoms with Crippen LogP contribution in [0.15, 0.2) is 6.07 Å². The standard InChI is InChI=1S/C10H7ClF5NO2/c1-19-7(18)2-4-5(10(14,15)16)3-6(11)17-8(4)9(12)13/h3,9H,2H2,1H3. The van der Waals surface area contributed by atoms with Crippen LogP contribution >= 0.6 is 11.6 Å². The molecule has 0 saturated heterocycles. The SMILES string of the molecule is COC(=O)Cc1c(C(F)(F)F)cc(Cl)nc1C(F)F. The number of methoxy groups -OCH3 is 1. The fraction of sp³-hybridized carbons (Fsp3) is 0.400. The van der Waals surface area contributed by atoms with Gasteiger partial charge in [-0.1, -0.05) is 11.6 Å². The lowest BCUT2D eigenvalue weighted by molar-refractivity contribution is -0.141. The van der Waals surface area contributed by atoms with Crippen molar-refractivity contribution in [2.24, 2.45) is 0 Å². The third-order valence-corrected chi connectivity index (χ3v) is 2.38. The van der Waals surface area contributed by atoms with Gasteiger partial charge >= 0.3 is 12.1 Å². The minimum Gasteiger partial charge on any atom is -0.469 e. The van der Waals surface area contributed by atoms with Crippen molar-refractivity contribution >= 4 is 17.6 Å². The van der Waals surface area contributed by atoms with E-state index in [2.05, 4.69) is 9.72 Å². The number of aromatic nitrogens is 1. The Hall–Kier alpha value is -1.44. The Morgan fingerprint density at radius 2 is 2.05 bits per heavy atom. The Kier molecular flexibility index (Phi) is 4.67. The molecule has 1 aromatic rings. The Labute approximate surface area is 109 Å². The molecule has 0 aliphatic heterocycles. The highest BCUT2D eigenvalue weighted by Crippen LogP contribution is 2.37. The molecule has 19 heavy (non-hydrogen) atoms. The van der Waals surface area contributed by atoms with Crippen LogP contribution in [0.3, 0.4) is 0 Å². The summed E-state index contributed by atoms with van der Waals surface area (Å²) in [4.78, 5) is 14.2. The first-order chi connectivity index (χ1) is 8.66. The number of alkyl halides is 5. The summed E-state index contributed by atoms with van der Waals surface area (Å²) in [5, 5.41) is -0.726. The summed E-state index contributed by atoms with van der Waals surface area (Å²) in [6, 6.07) is 0.395. The van der Waals surface area contributed by atoms with Crippen LogP contribution in [-0.4, -0.2) is 18.1 Å². The summed E-state index contributed by atoms with van der Waals surface area (Å²) in [5.41, 5.74) is -3.53. The van der Waals surface area contributed by atoms with Crippen molar-refractivity contribution < 1.29 is 31.5 Å². The number of esters is 1. The van der Waals surface area contributed by atoms with Crippen molar-refractivity contribution in [2.45, 2.75) is 19.0 Å². The molecule has 0 aromatic carbocycles. The summed E-state index contributed by atoms with van der Waals surface area (Å²) in [6.45, 7) is 0. The zero-order valence-electron chi connectivity index (χ0n) is 9.39. The number of pyridine rings is 1. The molecule has 106 valence electrons. The van der Waals surface area contributed by atoms with Gasteiger partial charge in [0.05, 0.1) is 19.1 Å². The molecule has 1 rings (SSSR count). The Bertz CT molecular complexity index is 490. The average Bonchev–Trinajstić information content (AvgIpc) is 2.28. The lowest BCUT2D eigenvalue weighted by atomic mass is 10.0. The molecule has 0 aliphatic rings. The lowest BCUT2D eigenvalue weighted by Crippen LogP contribution is -2.17. The van der Waals surface area contributed by atoms with Crippen LogP contribution in [0.4, 0.5) is 22.0 Å². The molecule has 0 N–H and O–H groups in total. The first kappa shape index (κ1) is 15.6. The van der Waals surface area contributed by atoms with E-state index in [9.17, 15) is 26.7 Å². The van der Waals surface area contributed by atoms with Gasteiger partial charge in [-0.2, -0.15) is 13.2 Å². The van der Waals surface area contributed by atoms with Crippen LogP contribution in [0.25, 0.3) is 0 Å². The first-order valence-electron chi connectivity index (χ1n) is 4.78. The highest BCUT2D eigenvalue weighted by atomic mass is 35.5. The molecule has 0 fully saturated rings. The van der Waals surface area contributed by atoms with E-state index in [1.807, 2.05) is 0 Å². The summed E-state index contributed by atoms with van der Waals surface area (Å²) in [6.07, 6.45) is -9.19. The molecular formula is C10H7ClF5NO2. The number of nitrogens with zero attached hydrogens (tertiary/aromatic N) is 1. The van der Waals surface area contributed by atoms with Crippen LogP contribution in [0.5, 0.6) is 0 Å². The van der Waals surface area contributed by atoms with E-state index in [1.54, 1.807) is 0 Å². The molecule has 0 spiro atoms. The van der Waals surface area contributed by atoms with E-state index in [1.165, 1.54) is 0 Å². The van der Waals surface area contributed by atoms with E-state index < -0.39 is 47.0 Å². The second kappa shape index (κ2) is 5.68. The smallest absolute Gasteiger partial charge is 0.416 e. The predicted molar refractivity (Wildman–Crippen MR) is 54.9 cm³/mol. The van der Waals surface area contributed by atoms with Crippen LogP contribution in [-0.2, 0) is 22.1 Å². The highest BCUT2D eigenvalue weighted by Gasteiger charge is 2.37. The van der Waals surface area contributed by atoms with E-state index in [-0.39, 0.29) is 0 Å². The summed E-state index contributed by atoms with van der Waals surface area (Å²) < 4.78 is 67.8. The molecule has 1 aromatic heterocycles. The first-order valence-corrected chi connectivity index (χ1v) is 5.16. The molecule has 0 atom stereocenters. The van der Waals surface area contributed by atoms with E-state index >= 15 is 0 Å². The van der Waals surface area contributed by atoms with Gasteiger partial charge in [-0.3, -0.25) is 4.79 Å². The van der Waals surface area contributed by atoms with Crippen molar-refractivity contribution in [2.75, 3.05) is 7.11 Å². The number of carbonyl (C=O) groups is 1. The fourth-order valence-corrected chi connectivity index (χ4v) is 1.59. The van der Waals surface area contributed by atoms with Gasteiger partial charge in [-0.15, -0.1) is 0 Å². The largest absolute Gasteiger partial charge is 0.469 e. The lowest BCUT2D eigenvalue weighted by Gasteiger charge is -2.15. The molecule has 3 nitrogen and oxygen atoms in total. The van der Waals surface area contributed by atoms with Gasteiger partial charge in [0.1, 0.15) is 10.8 Å². The molecule has 0 bridgehead atoms. The second-order valence-electron chi connectivity index (χ2n) is 3.41. The highest BCUT2D eigenvalue weighted by molar-refractivity contribution is 6.29. The number of rotatable bonds is 3. The average molecular weight is 304 g/mol. The molecule has 1 heterocycles.